The highest BCUT2D eigenvalue weighted by Gasteiger charge is 2.22. The molecule has 1 unspecified atom stereocenters. The molecule has 5 nitrogen and oxygen atoms in total. The van der Waals surface area contributed by atoms with Gasteiger partial charge >= 0.3 is 0 Å². The number of aromatic nitrogens is 2. The van der Waals surface area contributed by atoms with Crippen LogP contribution in [0.2, 0.25) is 0 Å². The van der Waals surface area contributed by atoms with Gasteiger partial charge in [0.05, 0.1) is 16.6 Å². The number of hydrogen-bond donors (Lipinski definition) is 1. The Morgan fingerprint density at radius 2 is 2.17 bits per heavy atom. The summed E-state index contributed by atoms with van der Waals surface area (Å²) in [7, 11) is 0. The molecule has 0 bridgehead atoms. The second-order valence-electron chi connectivity index (χ2n) is 6.23. The Kier molecular flexibility index (Phi) is 3.21. The first-order chi connectivity index (χ1) is 11.2. The minimum atomic E-state index is 0.449. The van der Waals surface area contributed by atoms with Crippen LogP contribution in [0.1, 0.15) is 18.1 Å². The van der Waals surface area contributed by atoms with Gasteiger partial charge in [0.25, 0.3) is 0 Å². The minimum absolute atomic E-state index is 0.449. The van der Waals surface area contributed by atoms with Crippen molar-refractivity contribution >= 4 is 22.5 Å². The van der Waals surface area contributed by atoms with Gasteiger partial charge in [-0.3, -0.25) is 4.40 Å². The topological polar surface area (TPSA) is 56.4 Å². The summed E-state index contributed by atoms with van der Waals surface area (Å²) in [5.41, 5.74) is 4.39. The predicted molar refractivity (Wildman–Crippen MR) is 91.8 cm³/mol. The zero-order valence-corrected chi connectivity index (χ0v) is 13.4. The number of imidazole rings is 1. The van der Waals surface area contributed by atoms with Crippen molar-refractivity contribution in [2.75, 3.05) is 24.5 Å². The summed E-state index contributed by atoms with van der Waals surface area (Å²) in [4.78, 5) is 7.10. The smallest absolute Gasteiger partial charge is 0.157 e. The summed E-state index contributed by atoms with van der Waals surface area (Å²) in [6.45, 7) is 7.07. The summed E-state index contributed by atoms with van der Waals surface area (Å²) < 4.78 is 2.14. The van der Waals surface area contributed by atoms with Crippen molar-refractivity contribution < 1.29 is 0 Å². The van der Waals surface area contributed by atoms with Gasteiger partial charge in [-0.15, -0.1) is 0 Å². The molecular weight excluding hydrogens is 286 g/mol. The number of piperazine rings is 1. The van der Waals surface area contributed by atoms with Crippen molar-refractivity contribution in [3.8, 4) is 6.07 Å². The first-order valence-electron chi connectivity index (χ1n) is 7.98. The van der Waals surface area contributed by atoms with Gasteiger partial charge in [-0.05, 0) is 37.6 Å². The average molecular weight is 305 g/mol. The Morgan fingerprint density at radius 1 is 1.35 bits per heavy atom. The molecule has 1 aliphatic heterocycles. The van der Waals surface area contributed by atoms with Gasteiger partial charge in [0.1, 0.15) is 11.9 Å². The monoisotopic (exact) mass is 305 g/mol. The lowest BCUT2D eigenvalue weighted by Gasteiger charge is -2.34. The van der Waals surface area contributed by atoms with Crippen molar-refractivity contribution in [1.29, 1.82) is 5.26 Å². The second-order valence-corrected chi connectivity index (χ2v) is 6.23. The van der Waals surface area contributed by atoms with Crippen LogP contribution < -0.4 is 10.2 Å². The quantitative estimate of drug-likeness (QED) is 0.750. The van der Waals surface area contributed by atoms with Gasteiger partial charge in [-0.1, -0.05) is 12.1 Å². The molecule has 0 aliphatic carbocycles. The van der Waals surface area contributed by atoms with Gasteiger partial charge in [0.15, 0.2) is 5.65 Å². The number of para-hydroxylation sites is 2. The van der Waals surface area contributed by atoms with Crippen molar-refractivity contribution in [2.45, 2.75) is 19.9 Å². The lowest BCUT2D eigenvalue weighted by molar-refractivity contribution is 0.481. The van der Waals surface area contributed by atoms with Crippen molar-refractivity contribution in [1.82, 2.24) is 14.7 Å². The molecule has 0 radical (unpaired) electrons. The molecule has 1 aliphatic rings. The molecule has 23 heavy (non-hydrogen) atoms. The van der Waals surface area contributed by atoms with E-state index in [4.69, 9.17) is 4.98 Å². The first kappa shape index (κ1) is 14.0. The summed E-state index contributed by atoms with van der Waals surface area (Å²) in [6.07, 6.45) is 0. The normalized spacial score (nSPS) is 18.5. The Morgan fingerprint density at radius 3 is 2.96 bits per heavy atom. The van der Waals surface area contributed by atoms with E-state index in [1.807, 2.05) is 25.1 Å². The number of benzene rings is 1. The molecule has 5 heteroatoms. The lowest BCUT2D eigenvalue weighted by Crippen LogP contribution is -2.49. The molecule has 0 saturated carbocycles. The highest BCUT2D eigenvalue weighted by atomic mass is 15.3. The maximum atomic E-state index is 9.56. The standard InChI is InChI=1S/C18H19N5/c1-12-9-17(22-8-7-20-13(2)11-22)23-16-6-4-3-5-15(16)21-18(23)14(12)10-19/h3-6,9,13,20H,7-8,11H2,1-2H3. The van der Waals surface area contributed by atoms with E-state index in [0.29, 0.717) is 11.6 Å². The van der Waals surface area contributed by atoms with E-state index in [1.54, 1.807) is 0 Å². The van der Waals surface area contributed by atoms with Crippen LogP contribution in [0.25, 0.3) is 16.7 Å². The number of rotatable bonds is 1. The van der Waals surface area contributed by atoms with Crippen molar-refractivity contribution in [3.05, 3.63) is 41.5 Å². The molecule has 1 saturated heterocycles. The van der Waals surface area contributed by atoms with E-state index >= 15 is 0 Å². The zero-order valence-electron chi connectivity index (χ0n) is 13.4. The molecule has 1 atom stereocenters. The molecule has 116 valence electrons. The summed E-state index contributed by atoms with van der Waals surface area (Å²) in [5, 5.41) is 13.0. The number of hydrogen-bond acceptors (Lipinski definition) is 4. The molecule has 1 N–H and O–H groups in total. The zero-order chi connectivity index (χ0) is 16.0. The van der Waals surface area contributed by atoms with Crippen LogP contribution in [0.15, 0.2) is 30.3 Å². The molecule has 2 aromatic heterocycles. The van der Waals surface area contributed by atoms with Gasteiger partial charge in [0.2, 0.25) is 0 Å². The Labute approximate surface area is 135 Å². The summed E-state index contributed by atoms with van der Waals surface area (Å²) in [6, 6.07) is 13.0. The fraction of sp³-hybridized carbons (Fsp3) is 0.333. The fourth-order valence-corrected chi connectivity index (χ4v) is 3.44. The molecule has 0 spiro atoms. The molecule has 0 amide bonds. The largest absolute Gasteiger partial charge is 0.355 e. The summed E-state index contributed by atoms with van der Waals surface area (Å²) in [5.74, 6) is 1.12. The Bertz CT molecular complexity index is 934. The number of fused-ring (bicyclic) bond motifs is 3. The third-order valence-corrected chi connectivity index (χ3v) is 4.56. The van der Waals surface area contributed by atoms with Crippen LogP contribution in [-0.4, -0.2) is 35.1 Å². The lowest BCUT2D eigenvalue weighted by atomic mass is 10.1. The van der Waals surface area contributed by atoms with E-state index in [1.165, 1.54) is 0 Å². The van der Waals surface area contributed by atoms with Crippen LogP contribution >= 0.6 is 0 Å². The third-order valence-electron chi connectivity index (χ3n) is 4.56. The van der Waals surface area contributed by atoms with Crippen LogP contribution in [0, 0.1) is 18.3 Å². The first-order valence-corrected chi connectivity index (χ1v) is 7.98. The molecule has 3 aromatic rings. The van der Waals surface area contributed by atoms with E-state index in [0.717, 1.165) is 47.7 Å². The third kappa shape index (κ3) is 2.14. The molecule has 1 fully saturated rings. The van der Waals surface area contributed by atoms with Gasteiger partial charge < -0.3 is 10.2 Å². The Balaban J connectivity index is 2.05. The van der Waals surface area contributed by atoms with Crippen LogP contribution in [0.3, 0.4) is 0 Å². The highest BCUT2D eigenvalue weighted by Crippen LogP contribution is 2.29. The van der Waals surface area contributed by atoms with E-state index in [2.05, 4.69) is 39.7 Å². The highest BCUT2D eigenvalue weighted by molar-refractivity contribution is 5.85. The number of nitrogens with zero attached hydrogens (tertiary/aromatic N) is 4. The van der Waals surface area contributed by atoms with Crippen LogP contribution in [-0.2, 0) is 0 Å². The Hall–Kier alpha value is -2.58. The second kappa shape index (κ2) is 5.25. The average Bonchev–Trinajstić information content (AvgIpc) is 2.93. The molecule has 1 aromatic carbocycles. The van der Waals surface area contributed by atoms with Gasteiger partial charge in [-0.25, -0.2) is 4.98 Å². The number of nitriles is 1. The van der Waals surface area contributed by atoms with Crippen LogP contribution in [0.4, 0.5) is 5.82 Å². The maximum absolute atomic E-state index is 9.56. The van der Waals surface area contributed by atoms with E-state index < -0.39 is 0 Å². The number of pyridine rings is 1. The van der Waals surface area contributed by atoms with Crippen molar-refractivity contribution in [2.24, 2.45) is 0 Å². The predicted octanol–water partition coefficient (Wildman–Crippen LogP) is 2.47. The van der Waals surface area contributed by atoms with E-state index in [9.17, 15) is 5.26 Å². The minimum Gasteiger partial charge on any atom is -0.355 e. The van der Waals surface area contributed by atoms with Gasteiger partial charge in [-0.2, -0.15) is 5.26 Å². The molecule has 4 rings (SSSR count). The number of nitrogens with one attached hydrogen (secondary N) is 1. The fourth-order valence-electron chi connectivity index (χ4n) is 3.44. The molecule has 3 heterocycles. The SMILES string of the molecule is Cc1cc(N2CCNC(C)C2)n2c(nc3ccccc32)c1C#N. The summed E-state index contributed by atoms with van der Waals surface area (Å²) >= 11 is 0. The molecular formula is C18H19N5. The maximum Gasteiger partial charge on any atom is 0.157 e. The number of anilines is 1. The van der Waals surface area contributed by atoms with Crippen molar-refractivity contribution in [3.63, 3.8) is 0 Å². The van der Waals surface area contributed by atoms with Crippen LogP contribution in [0.5, 0.6) is 0 Å². The van der Waals surface area contributed by atoms with Gasteiger partial charge in [0, 0.05) is 25.7 Å². The number of aryl methyl sites for hydroxylation is 1. The van der Waals surface area contributed by atoms with E-state index in [-0.39, 0.29) is 0 Å².